The van der Waals surface area contributed by atoms with Crippen molar-refractivity contribution in [1.82, 2.24) is 10.1 Å². The maximum atomic E-state index is 11.6. The molecule has 0 radical (unpaired) electrons. The zero-order chi connectivity index (χ0) is 16.9. The molecule has 2 aromatic heterocycles. The Labute approximate surface area is 139 Å². The first-order valence-corrected chi connectivity index (χ1v) is 7.67. The highest BCUT2D eigenvalue weighted by Crippen LogP contribution is 2.24. The Morgan fingerprint density at radius 2 is 2.04 bits per heavy atom. The van der Waals surface area contributed by atoms with E-state index in [-0.39, 0.29) is 5.91 Å². The van der Waals surface area contributed by atoms with E-state index in [2.05, 4.69) is 20.8 Å². The van der Waals surface area contributed by atoms with Crippen molar-refractivity contribution in [3.05, 3.63) is 48.0 Å². The van der Waals surface area contributed by atoms with E-state index in [1.54, 1.807) is 18.4 Å². The summed E-state index contributed by atoms with van der Waals surface area (Å²) in [5.41, 5.74) is 2.63. The minimum Gasteiger partial charge on any atom is -0.461 e. The van der Waals surface area contributed by atoms with Crippen molar-refractivity contribution in [3.63, 3.8) is 0 Å². The first kappa shape index (κ1) is 15.8. The second kappa shape index (κ2) is 6.99. The number of carbonyl (C=O) groups excluding carboxylic acids is 1. The molecule has 3 aromatic rings. The lowest BCUT2D eigenvalue weighted by atomic mass is 10.1. The smallest absolute Gasteiger partial charge is 0.246 e. The monoisotopic (exact) mass is 326 g/mol. The number of nitrogens with zero attached hydrogens (tertiary/aromatic N) is 2. The van der Waals surface area contributed by atoms with Gasteiger partial charge in [-0.2, -0.15) is 4.98 Å². The van der Waals surface area contributed by atoms with Crippen LogP contribution >= 0.6 is 0 Å². The van der Waals surface area contributed by atoms with Crippen LogP contribution in [-0.2, 0) is 11.3 Å². The maximum Gasteiger partial charge on any atom is 0.246 e. The van der Waals surface area contributed by atoms with Crippen molar-refractivity contribution in [3.8, 4) is 11.6 Å². The van der Waals surface area contributed by atoms with Gasteiger partial charge in [0.15, 0.2) is 5.76 Å². The highest BCUT2D eigenvalue weighted by atomic mass is 16.5. The second-order valence-corrected chi connectivity index (χ2v) is 5.22. The maximum absolute atomic E-state index is 11.6. The van der Waals surface area contributed by atoms with Crippen LogP contribution in [0.3, 0.4) is 0 Å². The molecule has 2 heterocycles. The lowest BCUT2D eigenvalue weighted by Gasteiger charge is -2.12. The molecule has 0 saturated carbocycles. The van der Waals surface area contributed by atoms with Crippen LogP contribution < -0.4 is 10.6 Å². The second-order valence-electron chi connectivity index (χ2n) is 5.22. The van der Waals surface area contributed by atoms with Gasteiger partial charge < -0.3 is 19.6 Å². The third kappa shape index (κ3) is 3.45. The van der Waals surface area contributed by atoms with Gasteiger partial charge in [0.25, 0.3) is 0 Å². The van der Waals surface area contributed by atoms with E-state index in [1.165, 1.54) is 0 Å². The number of anilines is 2. The van der Waals surface area contributed by atoms with Gasteiger partial charge in [0.05, 0.1) is 12.8 Å². The number of rotatable bonds is 6. The minimum atomic E-state index is -0.0183. The fourth-order valence-corrected chi connectivity index (χ4v) is 2.20. The quantitative estimate of drug-likeness (QED) is 0.719. The van der Waals surface area contributed by atoms with Crippen LogP contribution in [0.1, 0.15) is 24.8 Å². The highest BCUT2D eigenvalue weighted by molar-refractivity contribution is 5.92. The molecular formula is C17H18N4O3. The Hall–Kier alpha value is -3.09. The van der Waals surface area contributed by atoms with E-state index in [9.17, 15) is 4.79 Å². The molecule has 7 heteroatoms. The van der Waals surface area contributed by atoms with Crippen LogP contribution in [0.2, 0.25) is 0 Å². The Bertz CT molecular complexity index is 824. The highest BCUT2D eigenvalue weighted by Gasteiger charge is 2.11. The van der Waals surface area contributed by atoms with E-state index in [0.29, 0.717) is 30.4 Å². The van der Waals surface area contributed by atoms with Gasteiger partial charge in [0.2, 0.25) is 17.6 Å². The number of nitrogens with one attached hydrogen (secondary N) is 2. The Morgan fingerprint density at radius 1 is 1.21 bits per heavy atom. The van der Waals surface area contributed by atoms with Gasteiger partial charge in [-0.25, -0.2) is 0 Å². The molecule has 0 atom stereocenters. The number of hydrogen-bond acceptors (Lipinski definition) is 6. The Kier molecular flexibility index (Phi) is 4.60. The predicted octanol–water partition coefficient (Wildman–Crippen LogP) is 3.60. The van der Waals surface area contributed by atoms with Crippen LogP contribution in [0.15, 0.2) is 45.5 Å². The van der Waals surface area contributed by atoms with Crippen molar-refractivity contribution < 1.29 is 13.7 Å². The summed E-state index contributed by atoms with van der Waals surface area (Å²) in [6.45, 7) is 4.13. The SMILES string of the molecule is CCC(=O)Nc1cccc(NCc2nc(-c3ccco3)no2)c1C. The molecule has 0 spiro atoms. The summed E-state index contributed by atoms with van der Waals surface area (Å²) in [7, 11) is 0. The van der Waals surface area contributed by atoms with Crippen LogP contribution in [0.4, 0.5) is 11.4 Å². The molecule has 0 fully saturated rings. The molecule has 124 valence electrons. The minimum absolute atomic E-state index is 0.0183. The lowest BCUT2D eigenvalue weighted by Crippen LogP contribution is -2.11. The topological polar surface area (TPSA) is 93.2 Å². The molecule has 1 amide bonds. The van der Waals surface area contributed by atoms with Gasteiger partial charge in [-0.05, 0) is 36.8 Å². The van der Waals surface area contributed by atoms with Crippen LogP contribution in [0, 0.1) is 6.92 Å². The predicted molar refractivity (Wildman–Crippen MR) is 89.4 cm³/mol. The van der Waals surface area contributed by atoms with Crippen molar-refractivity contribution in [1.29, 1.82) is 0 Å². The zero-order valence-electron chi connectivity index (χ0n) is 13.5. The summed E-state index contributed by atoms with van der Waals surface area (Å²) in [4.78, 5) is 15.8. The van der Waals surface area contributed by atoms with Crippen molar-refractivity contribution in [2.24, 2.45) is 0 Å². The molecule has 0 aliphatic carbocycles. The van der Waals surface area contributed by atoms with Gasteiger partial charge in [-0.1, -0.05) is 18.1 Å². The number of carbonyl (C=O) groups is 1. The first-order chi connectivity index (χ1) is 11.7. The van der Waals surface area contributed by atoms with Crippen molar-refractivity contribution >= 4 is 17.3 Å². The van der Waals surface area contributed by atoms with E-state index in [4.69, 9.17) is 8.94 Å². The summed E-state index contributed by atoms with van der Waals surface area (Å²) >= 11 is 0. The normalized spacial score (nSPS) is 10.6. The van der Waals surface area contributed by atoms with Gasteiger partial charge in [0, 0.05) is 17.8 Å². The Morgan fingerprint density at radius 3 is 2.79 bits per heavy atom. The molecular weight excluding hydrogens is 308 g/mol. The fourth-order valence-electron chi connectivity index (χ4n) is 2.20. The first-order valence-electron chi connectivity index (χ1n) is 7.67. The molecule has 2 N–H and O–H groups in total. The Balaban J connectivity index is 1.68. The van der Waals surface area contributed by atoms with Crippen LogP contribution in [0.25, 0.3) is 11.6 Å². The molecule has 7 nitrogen and oxygen atoms in total. The molecule has 1 aromatic carbocycles. The summed E-state index contributed by atoms with van der Waals surface area (Å²) < 4.78 is 10.4. The molecule has 0 saturated heterocycles. The average Bonchev–Trinajstić information content (AvgIpc) is 3.26. The third-order valence-corrected chi connectivity index (χ3v) is 3.57. The van der Waals surface area contributed by atoms with E-state index >= 15 is 0 Å². The summed E-state index contributed by atoms with van der Waals surface area (Å²) in [5, 5.41) is 10.0. The number of amides is 1. The molecule has 3 rings (SSSR count). The molecule has 0 aliphatic rings. The third-order valence-electron chi connectivity index (χ3n) is 3.57. The van der Waals surface area contributed by atoms with Gasteiger partial charge >= 0.3 is 0 Å². The lowest BCUT2D eigenvalue weighted by molar-refractivity contribution is -0.115. The molecule has 0 aliphatic heterocycles. The zero-order valence-corrected chi connectivity index (χ0v) is 13.5. The fraction of sp³-hybridized carbons (Fsp3) is 0.235. The van der Waals surface area contributed by atoms with E-state index in [0.717, 1.165) is 16.9 Å². The van der Waals surface area contributed by atoms with E-state index in [1.807, 2.05) is 32.0 Å². The molecule has 0 unspecified atom stereocenters. The summed E-state index contributed by atoms with van der Waals surface area (Å²) in [5.74, 6) is 1.40. The van der Waals surface area contributed by atoms with Crippen molar-refractivity contribution in [2.45, 2.75) is 26.8 Å². The number of hydrogen-bond donors (Lipinski definition) is 2. The summed E-state index contributed by atoms with van der Waals surface area (Å²) in [6.07, 6.45) is 2.00. The average molecular weight is 326 g/mol. The van der Waals surface area contributed by atoms with Gasteiger partial charge in [-0.3, -0.25) is 4.79 Å². The number of benzene rings is 1. The summed E-state index contributed by atoms with van der Waals surface area (Å²) in [6, 6.07) is 9.22. The largest absolute Gasteiger partial charge is 0.461 e. The van der Waals surface area contributed by atoms with Gasteiger partial charge in [0.1, 0.15) is 0 Å². The van der Waals surface area contributed by atoms with E-state index < -0.39 is 0 Å². The number of furan rings is 1. The van der Waals surface area contributed by atoms with Gasteiger partial charge in [-0.15, -0.1) is 0 Å². The number of aromatic nitrogens is 2. The van der Waals surface area contributed by atoms with Crippen LogP contribution in [0.5, 0.6) is 0 Å². The standard InChI is InChI=1S/C17H18N4O3/c1-3-15(22)19-13-7-4-6-12(11(13)2)18-10-16-20-17(21-24-16)14-8-5-9-23-14/h4-9,18H,3,10H2,1-2H3,(H,19,22). The van der Waals surface area contributed by atoms with Crippen molar-refractivity contribution in [2.75, 3.05) is 10.6 Å². The molecule has 0 bridgehead atoms. The van der Waals surface area contributed by atoms with Crippen LogP contribution in [-0.4, -0.2) is 16.0 Å². The molecule has 24 heavy (non-hydrogen) atoms.